The summed E-state index contributed by atoms with van der Waals surface area (Å²) >= 11 is 0. The fourth-order valence-corrected chi connectivity index (χ4v) is 0. The van der Waals surface area contributed by atoms with Crippen molar-refractivity contribution >= 4 is 0 Å². The van der Waals surface area contributed by atoms with Gasteiger partial charge in [0.05, 0.1) is 0 Å². The third kappa shape index (κ3) is 42.0. The summed E-state index contributed by atoms with van der Waals surface area (Å²) in [5, 5.41) is 8.06. The van der Waals surface area contributed by atoms with Crippen LogP contribution in [0.2, 0.25) is 0 Å². The Balaban J connectivity index is 0. The molecule has 2 heteroatoms. The Morgan fingerprint density at radius 2 is 1.40 bits per heavy atom. The zero-order valence-electron chi connectivity index (χ0n) is 3.60. The van der Waals surface area contributed by atoms with Crippen LogP contribution >= 0.6 is 0 Å². The van der Waals surface area contributed by atoms with Crippen LogP contribution in [0.3, 0.4) is 0 Å². The minimum Gasteiger partial charge on any atom is -0.394 e. The molecule has 0 saturated heterocycles. The Labute approximate surface area is 57.6 Å². The number of rotatable bonds is 0. The minimum absolute atomic E-state index is 0. The van der Waals surface area contributed by atoms with E-state index < -0.39 is 0 Å². The van der Waals surface area contributed by atoms with E-state index >= 15 is 0 Å². The van der Waals surface area contributed by atoms with E-state index in [2.05, 4.69) is 0 Å². The number of aliphatic hydroxyl groups is 1. The first-order valence-corrected chi connectivity index (χ1v) is 1.41. The predicted octanol–water partition coefficient (Wildman–Crippen LogP) is 0.385. The molecule has 0 rings (SSSR count). The van der Waals surface area contributed by atoms with Gasteiger partial charge < -0.3 is 5.11 Å². The molecule has 0 bridgehead atoms. The summed E-state index contributed by atoms with van der Waals surface area (Å²) in [4.78, 5) is 0. The van der Waals surface area contributed by atoms with Crippen molar-refractivity contribution in [2.24, 2.45) is 0 Å². The minimum atomic E-state index is -0.167. The van der Waals surface area contributed by atoms with Crippen molar-refractivity contribution in [1.29, 1.82) is 0 Å². The van der Waals surface area contributed by atoms with Crippen molar-refractivity contribution in [2.75, 3.05) is 0 Å². The topological polar surface area (TPSA) is 20.2 Å². The third-order valence-corrected chi connectivity index (χ3v) is 0. The zero-order chi connectivity index (χ0) is 3.58. The molecule has 0 aliphatic rings. The van der Waals surface area contributed by atoms with Crippen LogP contribution in [0.1, 0.15) is 13.8 Å². The second-order valence-electron chi connectivity index (χ2n) is 1.09. The Morgan fingerprint density at radius 1 is 1.40 bits per heavy atom. The molecule has 0 aromatic carbocycles. The molecule has 1 N–H and O–H groups in total. The van der Waals surface area contributed by atoms with Gasteiger partial charge in [-0.15, -0.1) is 0 Å². The van der Waals surface area contributed by atoms with Gasteiger partial charge in [-0.05, 0) is 13.8 Å². The number of aliphatic hydroxyl groups excluding tert-OH is 1. The average molecular weight is 149 g/mol. The van der Waals surface area contributed by atoms with E-state index in [9.17, 15) is 0 Å². The molecule has 0 aliphatic heterocycles. The molecule has 0 fully saturated rings. The van der Waals surface area contributed by atoms with Crippen molar-refractivity contribution in [3.05, 3.63) is 0 Å². The maximum atomic E-state index is 8.06. The van der Waals surface area contributed by atoms with Crippen molar-refractivity contribution in [2.45, 2.75) is 20.0 Å². The first-order chi connectivity index (χ1) is 1.73. The molecule has 29 valence electrons. The van der Waals surface area contributed by atoms with Crippen LogP contribution in [0.5, 0.6) is 0 Å². The van der Waals surface area contributed by atoms with Crippen LogP contribution < -0.4 is 0 Å². The summed E-state index contributed by atoms with van der Waals surface area (Å²) < 4.78 is 0. The molecule has 0 heterocycles. The van der Waals surface area contributed by atoms with E-state index in [0.29, 0.717) is 0 Å². The maximum absolute atomic E-state index is 8.06. The van der Waals surface area contributed by atoms with Crippen LogP contribution in [0, 0.1) is 0 Å². The smallest absolute Gasteiger partial charge is 0.0483 e. The van der Waals surface area contributed by atoms with Gasteiger partial charge in [-0.3, -0.25) is 0 Å². The van der Waals surface area contributed by atoms with Crippen LogP contribution in [0.15, 0.2) is 0 Å². The molecule has 0 aliphatic carbocycles. The number of hydrogen-bond donors (Lipinski definition) is 1. The van der Waals surface area contributed by atoms with E-state index in [4.69, 9.17) is 5.11 Å². The molecule has 0 aromatic rings. The van der Waals surface area contributed by atoms with Gasteiger partial charge >= 0.3 is 0 Å². The van der Waals surface area contributed by atoms with Crippen molar-refractivity contribution in [3.63, 3.8) is 0 Å². The first kappa shape index (κ1) is 9.42. The predicted molar refractivity (Wildman–Crippen MR) is 17.4 cm³/mol. The average Bonchev–Trinajstić information content (AvgIpc) is 0.811. The second kappa shape index (κ2) is 5.06. The van der Waals surface area contributed by atoms with Gasteiger partial charge in [0.25, 0.3) is 0 Å². The van der Waals surface area contributed by atoms with Crippen molar-refractivity contribution < 1.29 is 37.8 Å². The van der Waals surface area contributed by atoms with Gasteiger partial charge in [-0.2, -0.15) is 0 Å². The summed E-state index contributed by atoms with van der Waals surface area (Å²) in [6, 6.07) is 0. The first-order valence-electron chi connectivity index (χ1n) is 1.41. The van der Waals surface area contributed by atoms with Crippen LogP contribution in [-0.2, 0) is 32.7 Å². The Kier molecular flexibility index (Phi) is 9.54. The molecule has 0 amide bonds. The molecule has 0 atom stereocenters. The van der Waals surface area contributed by atoms with Crippen molar-refractivity contribution in [1.82, 2.24) is 0 Å². The Hall–Kier alpha value is 1.06. The second-order valence-corrected chi connectivity index (χ2v) is 1.09. The molecular weight excluding hydrogens is 141 g/mol. The van der Waals surface area contributed by atoms with Gasteiger partial charge in [0.1, 0.15) is 0 Å². The van der Waals surface area contributed by atoms with Gasteiger partial charge in [-0.25, -0.2) is 0 Å². The van der Waals surface area contributed by atoms with Crippen molar-refractivity contribution in [3.8, 4) is 0 Å². The summed E-state index contributed by atoms with van der Waals surface area (Å²) in [5.74, 6) is 0. The quantitative estimate of drug-likeness (QED) is 0.528. The van der Waals surface area contributed by atoms with E-state index in [1.54, 1.807) is 13.8 Å². The van der Waals surface area contributed by atoms with E-state index in [-0.39, 0.29) is 38.8 Å². The molecule has 0 spiro atoms. The fraction of sp³-hybridized carbons (Fsp3) is 1.00. The molecular formula is C3H8OY. The van der Waals surface area contributed by atoms with Gasteiger partial charge in [0.2, 0.25) is 0 Å². The molecule has 0 saturated carbocycles. The van der Waals surface area contributed by atoms with Crippen LogP contribution in [0.4, 0.5) is 0 Å². The molecule has 5 heavy (non-hydrogen) atoms. The summed E-state index contributed by atoms with van der Waals surface area (Å²) in [6.07, 6.45) is -0.167. The van der Waals surface area contributed by atoms with Gasteiger partial charge in [-0.1, -0.05) is 0 Å². The molecule has 0 unspecified atom stereocenters. The van der Waals surface area contributed by atoms with E-state index in [1.165, 1.54) is 0 Å². The third-order valence-electron chi connectivity index (χ3n) is 0. The van der Waals surface area contributed by atoms with E-state index in [0.717, 1.165) is 0 Å². The zero-order valence-corrected chi connectivity index (χ0v) is 6.44. The Bertz CT molecular complexity index is 11.6. The van der Waals surface area contributed by atoms with Crippen LogP contribution in [-0.4, -0.2) is 11.2 Å². The van der Waals surface area contributed by atoms with Crippen LogP contribution in [0.25, 0.3) is 0 Å². The summed E-state index contributed by atoms with van der Waals surface area (Å²) in [6.45, 7) is 3.44. The Morgan fingerprint density at radius 3 is 1.40 bits per heavy atom. The number of hydrogen-bond acceptors (Lipinski definition) is 1. The van der Waals surface area contributed by atoms with Gasteiger partial charge in [0.15, 0.2) is 0 Å². The molecule has 1 nitrogen and oxygen atoms in total. The maximum Gasteiger partial charge on any atom is 0.0483 e. The SMILES string of the molecule is CC(C)O.[Y]. The molecule has 0 aromatic heterocycles. The summed E-state index contributed by atoms with van der Waals surface area (Å²) in [7, 11) is 0. The fourth-order valence-electron chi connectivity index (χ4n) is 0. The normalized spacial score (nSPS) is 7.20. The monoisotopic (exact) mass is 149 g/mol. The molecule has 1 radical (unpaired) electrons. The standard InChI is InChI=1S/C3H8O.Y/c1-3(2)4;/h3-4H,1-2H3;. The van der Waals surface area contributed by atoms with E-state index in [1.807, 2.05) is 0 Å². The summed E-state index contributed by atoms with van der Waals surface area (Å²) in [5.41, 5.74) is 0. The van der Waals surface area contributed by atoms with Gasteiger partial charge in [0, 0.05) is 38.8 Å². The largest absolute Gasteiger partial charge is 0.394 e.